The predicted molar refractivity (Wildman–Crippen MR) is 86.9 cm³/mol. The average molecular weight is 339 g/mol. The van der Waals surface area contributed by atoms with Gasteiger partial charge in [0.05, 0.1) is 22.5 Å². The number of benzene rings is 1. The fourth-order valence-electron chi connectivity index (χ4n) is 2.47. The first kappa shape index (κ1) is 15.3. The van der Waals surface area contributed by atoms with Crippen LogP contribution in [0.1, 0.15) is 23.2 Å². The van der Waals surface area contributed by atoms with Crippen molar-refractivity contribution in [2.45, 2.75) is 18.9 Å². The molecule has 3 rings (SSSR count). The average Bonchev–Trinajstić information content (AvgIpc) is 2.98. The van der Waals surface area contributed by atoms with E-state index in [9.17, 15) is 4.79 Å². The fourth-order valence-corrected chi connectivity index (χ4v) is 2.97. The molecule has 1 aromatic carbocycles. The van der Waals surface area contributed by atoms with Gasteiger partial charge in [0.1, 0.15) is 0 Å². The Hall–Kier alpha value is -1.56. The minimum Gasteiger partial charge on any atom is -0.349 e. The lowest BCUT2D eigenvalue weighted by Crippen LogP contribution is -2.42. The van der Waals surface area contributed by atoms with Crippen molar-refractivity contribution < 1.29 is 4.79 Å². The molecule has 0 aliphatic carbocycles. The van der Waals surface area contributed by atoms with E-state index in [0.717, 1.165) is 25.9 Å². The standard InChI is InChI=1S/C15H16Cl2N4O/c16-11-1-2-14(13(17)7-11)21-9-10(8-19-21)15(22)20-12-3-5-18-6-4-12/h1-2,7-9,12,18H,3-6H2,(H,20,22). The molecule has 7 heteroatoms. The highest BCUT2D eigenvalue weighted by molar-refractivity contribution is 6.35. The van der Waals surface area contributed by atoms with E-state index in [1.165, 1.54) is 0 Å². The Morgan fingerprint density at radius 2 is 2.09 bits per heavy atom. The van der Waals surface area contributed by atoms with Crippen LogP contribution in [0.5, 0.6) is 0 Å². The van der Waals surface area contributed by atoms with Gasteiger partial charge >= 0.3 is 0 Å². The number of hydrogen-bond donors (Lipinski definition) is 2. The zero-order valence-electron chi connectivity index (χ0n) is 11.9. The van der Waals surface area contributed by atoms with Gasteiger partial charge in [-0.25, -0.2) is 4.68 Å². The largest absolute Gasteiger partial charge is 0.349 e. The van der Waals surface area contributed by atoms with E-state index >= 15 is 0 Å². The molecule has 2 heterocycles. The summed E-state index contributed by atoms with van der Waals surface area (Å²) >= 11 is 12.0. The number of rotatable bonds is 3. The van der Waals surface area contributed by atoms with Gasteiger partial charge < -0.3 is 10.6 Å². The molecule has 2 N–H and O–H groups in total. The zero-order valence-corrected chi connectivity index (χ0v) is 13.4. The van der Waals surface area contributed by atoms with Crippen LogP contribution in [0.2, 0.25) is 10.0 Å². The van der Waals surface area contributed by atoms with Gasteiger partial charge in [0.2, 0.25) is 0 Å². The first-order valence-electron chi connectivity index (χ1n) is 7.15. The van der Waals surface area contributed by atoms with Crippen LogP contribution >= 0.6 is 23.2 Å². The number of aromatic nitrogens is 2. The lowest BCUT2D eigenvalue weighted by molar-refractivity contribution is 0.0929. The first-order chi connectivity index (χ1) is 10.6. The van der Waals surface area contributed by atoms with E-state index < -0.39 is 0 Å². The Kier molecular flexibility index (Phi) is 4.66. The second kappa shape index (κ2) is 6.69. The van der Waals surface area contributed by atoms with E-state index in [4.69, 9.17) is 23.2 Å². The van der Waals surface area contributed by atoms with Crippen LogP contribution in [0.3, 0.4) is 0 Å². The highest BCUT2D eigenvalue weighted by atomic mass is 35.5. The van der Waals surface area contributed by atoms with Crippen molar-refractivity contribution >= 4 is 29.1 Å². The molecule has 1 aromatic heterocycles. The molecule has 1 amide bonds. The summed E-state index contributed by atoms with van der Waals surface area (Å²) in [5.74, 6) is -0.108. The number of carbonyl (C=O) groups is 1. The summed E-state index contributed by atoms with van der Waals surface area (Å²) < 4.78 is 1.58. The van der Waals surface area contributed by atoms with Gasteiger partial charge in [0.15, 0.2) is 0 Å². The lowest BCUT2D eigenvalue weighted by Gasteiger charge is -2.23. The van der Waals surface area contributed by atoms with Crippen molar-refractivity contribution in [3.05, 3.63) is 46.2 Å². The van der Waals surface area contributed by atoms with Crippen molar-refractivity contribution in [3.8, 4) is 5.69 Å². The summed E-state index contributed by atoms with van der Waals surface area (Å²) in [5.41, 5.74) is 1.21. The molecule has 0 bridgehead atoms. The highest BCUT2D eigenvalue weighted by Gasteiger charge is 2.17. The van der Waals surface area contributed by atoms with Crippen LogP contribution in [0, 0.1) is 0 Å². The molecule has 1 aliphatic heterocycles. The summed E-state index contributed by atoms with van der Waals surface area (Å²) in [6.45, 7) is 1.87. The molecular weight excluding hydrogens is 323 g/mol. The monoisotopic (exact) mass is 338 g/mol. The van der Waals surface area contributed by atoms with E-state index in [1.807, 2.05) is 0 Å². The van der Waals surface area contributed by atoms with Crippen LogP contribution in [0.4, 0.5) is 0 Å². The molecule has 2 aromatic rings. The van der Waals surface area contributed by atoms with Gasteiger partial charge in [0.25, 0.3) is 5.91 Å². The minimum atomic E-state index is -0.108. The Balaban J connectivity index is 1.73. The maximum absolute atomic E-state index is 12.3. The van der Waals surface area contributed by atoms with Gasteiger partial charge in [-0.05, 0) is 44.1 Å². The van der Waals surface area contributed by atoms with Gasteiger partial charge in [-0.1, -0.05) is 23.2 Å². The predicted octanol–water partition coefficient (Wildman–Crippen LogP) is 2.66. The first-order valence-corrected chi connectivity index (χ1v) is 7.91. The number of hydrogen-bond acceptors (Lipinski definition) is 3. The maximum atomic E-state index is 12.3. The molecule has 0 saturated carbocycles. The normalized spacial score (nSPS) is 15.7. The van der Waals surface area contributed by atoms with E-state index in [1.54, 1.807) is 35.3 Å². The molecule has 0 unspecified atom stereocenters. The zero-order chi connectivity index (χ0) is 15.5. The Labute approximate surface area is 138 Å². The third-order valence-corrected chi connectivity index (χ3v) is 4.21. The lowest BCUT2D eigenvalue weighted by atomic mass is 10.1. The molecule has 0 spiro atoms. The number of nitrogens with one attached hydrogen (secondary N) is 2. The Bertz CT molecular complexity index is 680. The molecule has 1 saturated heterocycles. The van der Waals surface area contributed by atoms with Crippen molar-refractivity contribution in [1.82, 2.24) is 20.4 Å². The topological polar surface area (TPSA) is 59.0 Å². The summed E-state index contributed by atoms with van der Waals surface area (Å²) in [6, 6.07) is 5.37. The number of halogens is 2. The molecular formula is C15H16Cl2N4O. The smallest absolute Gasteiger partial charge is 0.254 e. The Morgan fingerprint density at radius 3 is 2.82 bits per heavy atom. The van der Waals surface area contributed by atoms with Crippen LogP contribution in [-0.4, -0.2) is 34.8 Å². The van der Waals surface area contributed by atoms with Gasteiger partial charge in [-0.3, -0.25) is 4.79 Å². The van der Waals surface area contributed by atoms with Gasteiger partial charge in [-0.15, -0.1) is 0 Å². The second-order valence-corrected chi connectivity index (χ2v) is 6.11. The molecule has 1 aliphatic rings. The summed E-state index contributed by atoms with van der Waals surface area (Å²) in [6.07, 6.45) is 5.11. The third-order valence-electron chi connectivity index (χ3n) is 3.68. The van der Waals surface area contributed by atoms with Crippen molar-refractivity contribution in [2.24, 2.45) is 0 Å². The number of carbonyl (C=O) groups excluding carboxylic acids is 1. The van der Waals surface area contributed by atoms with Crippen molar-refractivity contribution in [3.63, 3.8) is 0 Å². The third kappa shape index (κ3) is 3.43. The van der Waals surface area contributed by atoms with Gasteiger partial charge in [0, 0.05) is 17.3 Å². The molecule has 22 heavy (non-hydrogen) atoms. The SMILES string of the molecule is O=C(NC1CCNCC1)c1cnn(-c2ccc(Cl)cc2Cl)c1. The molecule has 0 radical (unpaired) electrons. The maximum Gasteiger partial charge on any atom is 0.254 e. The minimum absolute atomic E-state index is 0.108. The van der Waals surface area contributed by atoms with Crippen molar-refractivity contribution in [1.29, 1.82) is 0 Å². The summed E-state index contributed by atoms with van der Waals surface area (Å²) in [7, 11) is 0. The molecule has 1 fully saturated rings. The summed E-state index contributed by atoms with van der Waals surface area (Å²) in [4.78, 5) is 12.3. The van der Waals surface area contributed by atoms with Crippen molar-refractivity contribution in [2.75, 3.05) is 13.1 Å². The number of piperidine rings is 1. The van der Waals surface area contributed by atoms with Crippen LogP contribution in [-0.2, 0) is 0 Å². The van der Waals surface area contributed by atoms with Crippen LogP contribution < -0.4 is 10.6 Å². The number of amides is 1. The molecule has 116 valence electrons. The van der Waals surface area contributed by atoms with Crippen LogP contribution in [0.25, 0.3) is 5.69 Å². The van der Waals surface area contributed by atoms with Gasteiger partial charge in [-0.2, -0.15) is 5.10 Å². The fraction of sp³-hybridized carbons (Fsp3) is 0.333. The van der Waals surface area contributed by atoms with E-state index in [0.29, 0.717) is 21.3 Å². The summed E-state index contributed by atoms with van der Waals surface area (Å²) in [5, 5.41) is 11.6. The quantitative estimate of drug-likeness (QED) is 0.904. The second-order valence-electron chi connectivity index (χ2n) is 5.27. The van der Waals surface area contributed by atoms with E-state index in [2.05, 4.69) is 15.7 Å². The Morgan fingerprint density at radius 1 is 1.32 bits per heavy atom. The molecule has 5 nitrogen and oxygen atoms in total. The van der Waals surface area contributed by atoms with E-state index in [-0.39, 0.29) is 11.9 Å². The van der Waals surface area contributed by atoms with Crippen LogP contribution in [0.15, 0.2) is 30.6 Å². The highest BCUT2D eigenvalue weighted by Crippen LogP contribution is 2.24. The number of nitrogens with zero attached hydrogens (tertiary/aromatic N) is 2. The molecule has 0 atom stereocenters.